The highest BCUT2D eigenvalue weighted by molar-refractivity contribution is 5.97. The van der Waals surface area contributed by atoms with Gasteiger partial charge in [-0.05, 0) is 26.3 Å². The molecule has 2 rings (SSSR count). The van der Waals surface area contributed by atoms with Gasteiger partial charge in [0.25, 0.3) is 0 Å². The van der Waals surface area contributed by atoms with Crippen molar-refractivity contribution in [1.29, 1.82) is 0 Å². The van der Waals surface area contributed by atoms with E-state index in [-0.39, 0.29) is 12.6 Å². The summed E-state index contributed by atoms with van der Waals surface area (Å²) in [6.07, 6.45) is 2.31. The Hall–Kier alpha value is -2.63. The zero-order valence-electron chi connectivity index (χ0n) is 13.6. The van der Waals surface area contributed by atoms with Crippen LogP contribution in [0.1, 0.15) is 36.7 Å². The van der Waals surface area contributed by atoms with Crippen LogP contribution < -0.4 is 4.90 Å². The molecule has 0 saturated heterocycles. The summed E-state index contributed by atoms with van der Waals surface area (Å²) in [5, 5.41) is 4.41. The molecule has 0 spiro atoms. The van der Waals surface area contributed by atoms with Crippen molar-refractivity contribution in [3.63, 3.8) is 0 Å². The third kappa shape index (κ3) is 3.97. The molecule has 0 radical (unpaired) electrons. The Morgan fingerprint density at radius 1 is 1.35 bits per heavy atom. The second kappa shape index (κ2) is 7.58. The average molecular weight is 315 g/mol. The number of aromatic nitrogens is 2. The molecule has 6 nitrogen and oxygen atoms in total. The maximum absolute atomic E-state index is 12.2. The van der Waals surface area contributed by atoms with Crippen molar-refractivity contribution in [3.8, 4) is 0 Å². The summed E-state index contributed by atoms with van der Waals surface area (Å²) >= 11 is 0. The van der Waals surface area contributed by atoms with Crippen molar-refractivity contribution in [2.75, 3.05) is 11.5 Å². The van der Waals surface area contributed by atoms with E-state index < -0.39 is 5.97 Å². The topological polar surface area (TPSA) is 64.4 Å². The molecule has 0 unspecified atom stereocenters. The van der Waals surface area contributed by atoms with Gasteiger partial charge in [-0.3, -0.25) is 14.4 Å². The first-order valence-corrected chi connectivity index (χ1v) is 7.59. The number of ether oxygens (including phenoxy) is 1. The fraction of sp³-hybridized carbons (Fsp3) is 0.353. The van der Waals surface area contributed by atoms with Crippen molar-refractivity contribution in [2.24, 2.45) is 0 Å². The Morgan fingerprint density at radius 3 is 2.61 bits per heavy atom. The predicted molar refractivity (Wildman–Crippen MR) is 87.4 cm³/mol. The Morgan fingerprint density at radius 2 is 2.04 bits per heavy atom. The van der Waals surface area contributed by atoms with Gasteiger partial charge < -0.3 is 4.74 Å². The summed E-state index contributed by atoms with van der Waals surface area (Å²) in [6, 6.07) is 9.67. The molecule has 122 valence electrons. The van der Waals surface area contributed by atoms with Gasteiger partial charge in [0.05, 0.1) is 13.2 Å². The van der Waals surface area contributed by atoms with Crippen LogP contribution >= 0.6 is 0 Å². The fourth-order valence-corrected chi connectivity index (χ4v) is 2.22. The molecule has 0 aliphatic carbocycles. The molecule has 1 aromatic heterocycles. The van der Waals surface area contributed by atoms with Gasteiger partial charge in [0.2, 0.25) is 6.41 Å². The number of benzene rings is 1. The summed E-state index contributed by atoms with van der Waals surface area (Å²) in [5.41, 5.74) is 1.35. The Kier molecular flexibility index (Phi) is 5.51. The molecule has 0 bridgehead atoms. The number of amides is 1. The van der Waals surface area contributed by atoms with Gasteiger partial charge in [0.15, 0.2) is 5.82 Å². The summed E-state index contributed by atoms with van der Waals surface area (Å²) in [5.74, 6) is -0.154. The second-order valence-electron chi connectivity index (χ2n) is 5.38. The van der Waals surface area contributed by atoms with Crippen molar-refractivity contribution in [3.05, 3.63) is 47.7 Å². The highest BCUT2D eigenvalue weighted by Crippen LogP contribution is 2.21. The van der Waals surface area contributed by atoms with Crippen LogP contribution in [0, 0.1) is 0 Å². The molecule has 0 saturated carbocycles. The smallest absolute Gasteiger partial charge is 0.343 e. The number of hydrogen-bond acceptors (Lipinski definition) is 4. The van der Waals surface area contributed by atoms with Crippen molar-refractivity contribution in [1.82, 2.24) is 9.78 Å². The summed E-state index contributed by atoms with van der Waals surface area (Å²) in [6.45, 7) is 6.24. The molecular formula is C17H21N3O3. The molecule has 1 heterocycles. The van der Waals surface area contributed by atoms with Crippen molar-refractivity contribution < 1.29 is 14.3 Å². The molecule has 0 atom stereocenters. The number of carbonyl (C=O) groups excluding carboxylic acids is 2. The van der Waals surface area contributed by atoms with Crippen LogP contribution in [0.15, 0.2) is 36.5 Å². The lowest BCUT2D eigenvalue weighted by Gasteiger charge is -2.19. The van der Waals surface area contributed by atoms with Gasteiger partial charge in [-0.25, -0.2) is 4.79 Å². The van der Waals surface area contributed by atoms with E-state index in [1.54, 1.807) is 17.8 Å². The first-order valence-electron chi connectivity index (χ1n) is 7.59. The van der Waals surface area contributed by atoms with Crippen molar-refractivity contribution in [2.45, 2.75) is 33.4 Å². The van der Waals surface area contributed by atoms with Crippen LogP contribution in [0.5, 0.6) is 0 Å². The minimum atomic E-state index is -0.477. The first-order chi connectivity index (χ1) is 11.1. The van der Waals surface area contributed by atoms with E-state index >= 15 is 0 Å². The van der Waals surface area contributed by atoms with Gasteiger partial charge in [-0.1, -0.05) is 30.3 Å². The van der Waals surface area contributed by atoms with Gasteiger partial charge in [-0.15, -0.1) is 0 Å². The van der Waals surface area contributed by atoms with Gasteiger partial charge in [-0.2, -0.15) is 5.10 Å². The van der Waals surface area contributed by atoms with Crippen LogP contribution in [0.3, 0.4) is 0 Å². The summed E-state index contributed by atoms with van der Waals surface area (Å²) < 4.78 is 6.72. The van der Waals surface area contributed by atoms with E-state index in [0.29, 0.717) is 24.3 Å². The van der Waals surface area contributed by atoms with Crippen LogP contribution in [-0.4, -0.2) is 34.8 Å². The van der Waals surface area contributed by atoms with Gasteiger partial charge >= 0.3 is 5.97 Å². The maximum atomic E-state index is 12.2. The highest BCUT2D eigenvalue weighted by atomic mass is 16.5. The summed E-state index contributed by atoms with van der Waals surface area (Å²) in [7, 11) is 0. The lowest BCUT2D eigenvalue weighted by Crippen LogP contribution is -2.31. The zero-order valence-corrected chi connectivity index (χ0v) is 13.6. The first kappa shape index (κ1) is 16.7. The normalized spacial score (nSPS) is 10.6. The molecule has 1 aromatic carbocycles. The van der Waals surface area contributed by atoms with E-state index in [0.717, 1.165) is 5.56 Å². The molecule has 0 aliphatic rings. The number of anilines is 1. The molecule has 0 fully saturated rings. The molecule has 23 heavy (non-hydrogen) atoms. The Balaban J connectivity index is 2.38. The predicted octanol–water partition coefficient (Wildman–Crippen LogP) is 2.48. The third-order valence-corrected chi connectivity index (χ3v) is 3.34. The largest absolute Gasteiger partial charge is 0.462 e. The Labute approximate surface area is 135 Å². The second-order valence-corrected chi connectivity index (χ2v) is 5.38. The van der Waals surface area contributed by atoms with Crippen LogP contribution in [0.4, 0.5) is 5.82 Å². The lowest BCUT2D eigenvalue weighted by atomic mass is 10.2. The van der Waals surface area contributed by atoms with E-state index in [4.69, 9.17) is 4.74 Å². The number of esters is 1. The molecule has 1 amide bonds. The highest BCUT2D eigenvalue weighted by Gasteiger charge is 2.24. The van der Waals surface area contributed by atoms with E-state index in [1.807, 2.05) is 44.2 Å². The SMILES string of the molecule is CCOC(=O)c1cn(Cc2ccccc2)nc1N(C=O)C(C)C. The molecule has 6 heteroatoms. The molecular weight excluding hydrogens is 294 g/mol. The van der Waals surface area contributed by atoms with E-state index in [9.17, 15) is 9.59 Å². The van der Waals surface area contributed by atoms with Gasteiger partial charge in [0, 0.05) is 12.2 Å². The van der Waals surface area contributed by atoms with Crippen LogP contribution in [-0.2, 0) is 16.1 Å². The third-order valence-electron chi connectivity index (χ3n) is 3.34. The maximum Gasteiger partial charge on any atom is 0.343 e. The zero-order chi connectivity index (χ0) is 16.8. The molecule has 2 aromatic rings. The number of rotatable bonds is 7. The van der Waals surface area contributed by atoms with E-state index in [1.165, 1.54) is 4.90 Å². The van der Waals surface area contributed by atoms with Crippen LogP contribution in [0.25, 0.3) is 0 Å². The number of hydrogen-bond donors (Lipinski definition) is 0. The number of carbonyl (C=O) groups is 2. The van der Waals surface area contributed by atoms with Crippen LogP contribution in [0.2, 0.25) is 0 Å². The molecule has 0 aliphatic heterocycles. The standard InChI is InChI=1S/C17H21N3O3/c1-4-23-17(22)15-11-19(10-14-8-6-5-7-9-14)18-16(15)20(12-21)13(2)3/h5-9,11-13H,4,10H2,1-3H3. The molecule has 0 N–H and O–H groups in total. The van der Waals surface area contributed by atoms with Crippen molar-refractivity contribution >= 4 is 18.2 Å². The Bertz CT molecular complexity index is 665. The van der Waals surface area contributed by atoms with E-state index in [2.05, 4.69) is 5.10 Å². The summed E-state index contributed by atoms with van der Waals surface area (Å²) in [4.78, 5) is 25.0. The minimum Gasteiger partial charge on any atom is -0.462 e. The fourth-order valence-electron chi connectivity index (χ4n) is 2.22. The quantitative estimate of drug-likeness (QED) is 0.581. The van der Waals surface area contributed by atoms with Gasteiger partial charge in [0.1, 0.15) is 5.56 Å². The minimum absolute atomic E-state index is 0.110. The number of nitrogens with zero attached hydrogens (tertiary/aromatic N) is 3. The average Bonchev–Trinajstić information content (AvgIpc) is 2.92. The monoisotopic (exact) mass is 315 g/mol. The lowest BCUT2D eigenvalue weighted by molar-refractivity contribution is -0.107.